The summed E-state index contributed by atoms with van der Waals surface area (Å²) in [7, 11) is 0. The highest BCUT2D eigenvalue weighted by Gasteiger charge is 2.23. The van der Waals surface area contributed by atoms with Gasteiger partial charge in [0.05, 0.1) is 6.54 Å². The van der Waals surface area contributed by atoms with E-state index in [9.17, 15) is 4.79 Å². The average molecular weight is 311 g/mol. The molecule has 1 aliphatic rings. The molecule has 1 amide bonds. The van der Waals surface area contributed by atoms with E-state index in [1.807, 2.05) is 11.8 Å². The Morgan fingerprint density at radius 2 is 2.05 bits per heavy atom. The number of benzene rings is 1. The maximum atomic E-state index is 12.5. The lowest BCUT2D eigenvalue weighted by Crippen LogP contribution is -2.50. The largest absolute Gasteiger partial charge is 0.409 e. The van der Waals surface area contributed by atoms with Gasteiger partial charge in [0.2, 0.25) is 0 Å². The van der Waals surface area contributed by atoms with Crippen molar-refractivity contribution < 1.29 is 10.0 Å². The normalized spacial score (nSPS) is 17.0. The number of nitrogens with zero attached hydrogens (tertiary/aromatic N) is 3. The lowest BCUT2D eigenvalue weighted by molar-refractivity contribution is 0.0652. The molecule has 0 aliphatic carbocycles. The van der Waals surface area contributed by atoms with Crippen molar-refractivity contribution in [2.45, 2.75) is 6.92 Å². The molecule has 1 heterocycles. The highest BCUT2D eigenvalue weighted by atomic mass is 35.5. The molecule has 1 saturated heterocycles. The van der Waals surface area contributed by atoms with Crippen LogP contribution in [-0.4, -0.2) is 59.5 Å². The lowest BCUT2D eigenvalue weighted by atomic mass is 10.1. The van der Waals surface area contributed by atoms with Crippen molar-refractivity contribution in [1.29, 1.82) is 0 Å². The van der Waals surface area contributed by atoms with Crippen LogP contribution >= 0.6 is 11.6 Å². The number of piperazine rings is 1. The Bertz CT molecular complexity index is 554. The molecule has 0 aromatic heterocycles. The fourth-order valence-corrected chi connectivity index (χ4v) is 2.55. The molecule has 0 atom stereocenters. The van der Waals surface area contributed by atoms with Crippen LogP contribution in [0.4, 0.5) is 0 Å². The first-order valence-electron chi connectivity index (χ1n) is 6.76. The van der Waals surface area contributed by atoms with Crippen molar-refractivity contribution in [2.75, 3.05) is 32.7 Å². The molecule has 1 aromatic carbocycles. The molecule has 0 radical (unpaired) electrons. The van der Waals surface area contributed by atoms with Gasteiger partial charge in [0.15, 0.2) is 5.84 Å². The summed E-state index contributed by atoms with van der Waals surface area (Å²) in [4.78, 5) is 16.4. The second-order valence-corrected chi connectivity index (χ2v) is 5.48. The zero-order chi connectivity index (χ0) is 15.4. The van der Waals surface area contributed by atoms with Gasteiger partial charge >= 0.3 is 0 Å². The third-order valence-corrected chi connectivity index (χ3v) is 4.08. The van der Waals surface area contributed by atoms with E-state index in [2.05, 4.69) is 5.16 Å². The molecule has 2 rings (SSSR count). The summed E-state index contributed by atoms with van der Waals surface area (Å²) >= 11 is 6.06. The highest BCUT2D eigenvalue weighted by Crippen LogP contribution is 2.20. The number of nitrogens with two attached hydrogens (primary N) is 1. The van der Waals surface area contributed by atoms with Gasteiger partial charge in [-0.25, -0.2) is 0 Å². The topological polar surface area (TPSA) is 82.2 Å². The molecule has 0 saturated carbocycles. The minimum atomic E-state index is -0.00144. The average Bonchev–Trinajstić information content (AvgIpc) is 2.50. The van der Waals surface area contributed by atoms with E-state index in [0.717, 1.165) is 5.56 Å². The molecule has 0 unspecified atom stereocenters. The number of amidine groups is 1. The number of halogens is 1. The predicted octanol–water partition coefficient (Wildman–Crippen LogP) is 1.15. The molecule has 114 valence electrons. The summed E-state index contributed by atoms with van der Waals surface area (Å²) < 4.78 is 0. The first-order valence-corrected chi connectivity index (χ1v) is 7.14. The summed E-state index contributed by atoms with van der Waals surface area (Å²) in [5.74, 6) is 0.180. The molecule has 3 N–H and O–H groups in total. The van der Waals surface area contributed by atoms with Crippen molar-refractivity contribution in [1.82, 2.24) is 9.80 Å². The summed E-state index contributed by atoms with van der Waals surface area (Å²) in [5.41, 5.74) is 6.94. The van der Waals surface area contributed by atoms with Crippen molar-refractivity contribution in [3.8, 4) is 0 Å². The number of hydrogen-bond acceptors (Lipinski definition) is 4. The van der Waals surface area contributed by atoms with Gasteiger partial charge < -0.3 is 15.8 Å². The Kier molecular flexibility index (Phi) is 5.03. The molecular weight excluding hydrogens is 292 g/mol. The summed E-state index contributed by atoms with van der Waals surface area (Å²) in [5, 5.41) is 12.1. The minimum absolute atomic E-state index is 0.00144. The quantitative estimate of drug-likeness (QED) is 0.380. The van der Waals surface area contributed by atoms with E-state index in [1.54, 1.807) is 23.1 Å². The Morgan fingerprint density at radius 1 is 1.38 bits per heavy atom. The Morgan fingerprint density at radius 3 is 2.67 bits per heavy atom. The van der Waals surface area contributed by atoms with Crippen LogP contribution in [0, 0.1) is 6.92 Å². The molecule has 7 heteroatoms. The van der Waals surface area contributed by atoms with Gasteiger partial charge in [-0.1, -0.05) is 22.8 Å². The fourth-order valence-electron chi connectivity index (χ4n) is 2.38. The molecule has 1 aromatic rings. The van der Waals surface area contributed by atoms with Crippen molar-refractivity contribution in [2.24, 2.45) is 10.9 Å². The number of oxime groups is 1. The van der Waals surface area contributed by atoms with E-state index in [1.165, 1.54) is 0 Å². The fraction of sp³-hybridized carbons (Fsp3) is 0.429. The third kappa shape index (κ3) is 3.65. The summed E-state index contributed by atoms with van der Waals surface area (Å²) in [6.45, 7) is 4.88. The van der Waals surface area contributed by atoms with Gasteiger partial charge in [0.25, 0.3) is 5.91 Å². The second kappa shape index (κ2) is 6.78. The lowest BCUT2D eigenvalue weighted by Gasteiger charge is -2.34. The summed E-state index contributed by atoms with van der Waals surface area (Å²) in [6.07, 6.45) is 0. The number of hydrogen-bond donors (Lipinski definition) is 2. The van der Waals surface area contributed by atoms with Crippen molar-refractivity contribution in [3.63, 3.8) is 0 Å². The van der Waals surface area contributed by atoms with Gasteiger partial charge in [0.1, 0.15) is 0 Å². The van der Waals surface area contributed by atoms with Gasteiger partial charge in [-0.3, -0.25) is 9.69 Å². The Labute approximate surface area is 128 Å². The van der Waals surface area contributed by atoms with E-state index >= 15 is 0 Å². The van der Waals surface area contributed by atoms with E-state index < -0.39 is 0 Å². The van der Waals surface area contributed by atoms with Crippen LogP contribution in [0.5, 0.6) is 0 Å². The number of carbonyl (C=O) groups is 1. The molecular formula is C14H19ClN4O2. The molecule has 0 bridgehead atoms. The highest BCUT2D eigenvalue weighted by molar-refractivity contribution is 6.31. The zero-order valence-corrected chi connectivity index (χ0v) is 12.7. The molecule has 6 nitrogen and oxygen atoms in total. The SMILES string of the molecule is Cc1c(Cl)cccc1C(=O)N1CCN(C/C(N)=N/O)CC1. The van der Waals surface area contributed by atoms with Gasteiger partial charge in [-0.15, -0.1) is 0 Å². The molecule has 1 aliphatic heterocycles. The van der Waals surface area contributed by atoms with E-state index in [0.29, 0.717) is 43.3 Å². The summed E-state index contributed by atoms with van der Waals surface area (Å²) in [6, 6.07) is 5.37. The van der Waals surface area contributed by atoms with Crippen LogP contribution in [0.1, 0.15) is 15.9 Å². The van der Waals surface area contributed by atoms with Gasteiger partial charge in [-0.2, -0.15) is 0 Å². The maximum absolute atomic E-state index is 12.5. The smallest absolute Gasteiger partial charge is 0.254 e. The monoisotopic (exact) mass is 310 g/mol. The third-order valence-electron chi connectivity index (χ3n) is 3.67. The minimum Gasteiger partial charge on any atom is -0.409 e. The van der Waals surface area contributed by atoms with E-state index in [-0.39, 0.29) is 11.7 Å². The predicted molar refractivity (Wildman–Crippen MR) is 81.9 cm³/mol. The van der Waals surface area contributed by atoms with Crippen LogP contribution < -0.4 is 5.73 Å². The molecule has 21 heavy (non-hydrogen) atoms. The number of amides is 1. The van der Waals surface area contributed by atoms with Gasteiger partial charge in [0, 0.05) is 36.8 Å². The van der Waals surface area contributed by atoms with Crippen LogP contribution in [-0.2, 0) is 0 Å². The first-order chi connectivity index (χ1) is 10.0. The van der Waals surface area contributed by atoms with Crippen molar-refractivity contribution >= 4 is 23.3 Å². The van der Waals surface area contributed by atoms with Gasteiger partial charge in [-0.05, 0) is 24.6 Å². The Balaban J connectivity index is 1.99. The zero-order valence-electron chi connectivity index (χ0n) is 11.9. The molecule has 0 spiro atoms. The number of carbonyl (C=O) groups excluding carboxylic acids is 1. The van der Waals surface area contributed by atoms with Crippen LogP contribution in [0.25, 0.3) is 0 Å². The van der Waals surface area contributed by atoms with Crippen molar-refractivity contribution in [3.05, 3.63) is 34.3 Å². The number of rotatable bonds is 3. The second-order valence-electron chi connectivity index (χ2n) is 5.07. The van der Waals surface area contributed by atoms with Crippen LogP contribution in [0.15, 0.2) is 23.4 Å². The van der Waals surface area contributed by atoms with Crippen LogP contribution in [0.3, 0.4) is 0 Å². The standard InChI is InChI=1S/C14H19ClN4O2/c1-10-11(3-2-4-12(10)15)14(20)19-7-5-18(6-8-19)9-13(16)17-21/h2-4,21H,5-9H2,1H3,(H2,16,17). The van der Waals surface area contributed by atoms with Crippen LogP contribution in [0.2, 0.25) is 5.02 Å². The Hall–Kier alpha value is -1.79. The van der Waals surface area contributed by atoms with E-state index in [4.69, 9.17) is 22.5 Å². The maximum Gasteiger partial charge on any atom is 0.254 e. The molecule has 1 fully saturated rings. The first kappa shape index (κ1) is 15.6.